The van der Waals surface area contributed by atoms with E-state index in [-0.39, 0.29) is 17.7 Å². The van der Waals surface area contributed by atoms with Gasteiger partial charge in [-0.15, -0.1) is 0 Å². The van der Waals surface area contributed by atoms with Crippen molar-refractivity contribution in [1.29, 1.82) is 0 Å². The van der Waals surface area contributed by atoms with Crippen LogP contribution >= 0.6 is 0 Å². The zero-order valence-electron chi connectivity index (χ0n) is 14.5. The van der Waals surface area contributed by atoms with E-state index in [4.69, 9.17) is 0 Å². The first-order valence-corrected chi connectivity index (χ1v) is 8.61. The molecular weight excluding hydrogens is 298 g/mol. The maximum absolute atomic E-state index is 12.4. The molecule has 0 bridgehead atoms. The third-order valence-corrected chi connectivity index (χ3v) is 4.25. The molecule has 2 N–H and O–H groups in total. The van der Waals surface area contributed by atoms with Crippen molar-refractivity contribution in [2.75, 3.05) is 6.54 Å². The second-order valence-corrected chi connectivity index (χ2v) is 6.53. The number of aliphatic hydroxyl groups excluding tert-OH is 1. The van der Waals surface area contributed by atoms with Gasteiger partial charge in [-0.2, -0.15) is 0 Å². The van der Waals surface area contributed by atoms with Gasteiger partial charge in [0, 0.05) is 18.4 Å². The van der Waals surface area contributed by atoms with E-state index in [2.05, 4.69) is 5.32 Å². The highest BCUT2D eigenvalue weighted by Crippen LogP contribution is 2.20. The lowest BCUT2D eigenvalue weighted by atomic mass is 9.93. The summed E-state index contributed by atoms with van der Waals surface area (Å²) in [7, 11) is 0. The molecular formula is C21H27NO2. The lowest BCUT2D eigenvalue weighted by Crippen LogP contribution is -2.34. The fraction of sp³-hybridized carbons (Fsp3) is 0.381. The predicted molar refractivity (Wildman–Crippen MR) is 97.8 cm³/mol. The second-order valence-electron chi connectivity index (χ2n) is 6.53. The number of hydrogen-bond donors (Lipinski definition) is 2. The predicted octanol–water partition coefficient (Wildman–Crippen LogP) is 3.54. The topological polar surface area (TPSA) is 49.3 Å². The Hall–Kier alpha value is -2.13. The van der Waals surface area contributed by atoms with Gasteiger partial charge in [0.25, 0.3) is 0 Å². The minimum atomic E-state index is -0.395. The van der Waals surface area contributed by atoms with Gasteiger partial charge in [0.2, 0.25) is 5.91 Å². The summed E-state index contributed by atoms with van der Waals surface area (Å²) >= 11 is 0. The van der Waals surface area contributed by atoms with Crippen molar-refractivity contribution in [3.8, 4) is 0 Å². The van der Waals surface area contributed by atoms with Crippen LogP contribution in [0.1, 0.15) is 37.3 Å². The van der Waals surface area contributed by atoms with E-state index in [0.717, 1.165) is 12.0 Å². The molecule has 2 aromatic carbocycles. The van der Waals surface area contributed by atoms with Gasteiger partial charge in [0.15, 0.2) is 0 Å². The Morgan fingerprint density at radius 3 is 2.17 bits per heavy atom. The zero-order chi connectivity index (χ0) is 17.4. The SMILES string of the molecule is CC(O)CC(CNC(=O)C(C)Cc1ccccc1)c1ccccc1. The highest BCUT2D eigenvalue weighted by molar-refractivity contribution is 5.78. The van der Waals surface area contributed by atoms with Gasteiger partial charge < -0.3 is 10.4 Å². The van der Waals surface area contributed by atoms with Crippen molar-refractivity contribution in [3.63, 3.8) is 0 Å². The number of rotatable bonds is 8. The molecule has 3 heteroatoms. The second kappa shape index (κ2) is 9.24. The molecule has 0 spiro atoms. The number of carbonyl (C=O) groups is 1. The number of nitrogens with one attached hydrogen (secondary N) is 1. The average Bonchev–Trinajstić information content (AvgIpc) is 2.59. The summed E-state index contributed by atoms with van der Waals surface area (Å²) < 4.78 is 0. The molecule has 3 unspecified atom stereocenters. The van der Waals surface area contributed by atoms with Gasteiger partial charge in [-0.1, -0.05) is 67.6 Å². The largest absolute Gasteiger partial charge is 0.393 e. The molecule has 0 aliphatic carbocycles. The molecule has 0 fully saturated rings. The van der Waals surface area contributed by atoms with E-state index in [9.17, 15) is 9.90 Å². The van der Waals surface area contributed by atoms with Crippen LogP contribution in [-0.2, 0) is 11.2 Å². The minimum Gasteiger partial charge on any atom is -0.393 e. The fourth-order valence-electron chi connectivity index (χ4n) is 2.93. The van der Waals surface area contributed by atoms with Crippen LogP contribution in [0, 0.1) is 5.92 Å². The van der Waals surface area contributed by atoms with Crippen molar-refractivity contribution < 1.29 is 9.90 Å². The molecule has 0 saturated carbocycles. The first kappa shape index (κ1) is 18.2. The Kier molecular flexibility index (Phi) is 7.01. The van der Waals surface area contributed by atoms with E-state index >= 15 is 0 Å². The molecule has 0 heterocycles. The quantitative estimate of drug-likeness (QED) is 0.780. The smallest absolute Gasteiger partial charge is 0.223 e. The van der Waals surface area contributed by atoms with Crippen LogP contribution in [0.25, 0.3) is 0 Å². The number of amides is 1. The maximum atomic E-state index is 12.4. The Bertz CT molecular complexity index is 610. The maximum Gasteiger partial charge on any atom is 0.223 e. The van der Waals surface area contributed by atoms with Crippen LogP contribution in [0.3, 0.4) is 0 Å². The molecule has 0 radical (unpaired) electrons. The van der Waals surface area contributed by atoms with Gasteiger partial charge in [-0.25, -0.2) is 0 Å². The summed E-state index contributed by atoms with van der Waals surface area (Å²) in [6.07, 6.45) is 0.977. The highest BCUT2D eigenvalue weighted by Gasteiger charge is 2.18. The first-order valence-electron chi connectivity index (χ1n) is 8.61. The number of benzene rings is 2. The molecule has 0 saturated heterocycles. The third kappa shape index (κ3) is 5.82. The monoisotopic (exact) mass is 325 g/mol. The van der Waals surface area contributed by atoms with E-state index in [1.165, 1.54) is 5.56 Å². The molecule has 128 valence electrons. The van der Waals surface area contributed by atoms with Gasteiger partial charge in [0.05, 0.1) is 6.10 Å². The van der Waals surface area contributed by atoms with Gasteiger partial charge >= 0.3 is 0 Å². The highest BCUT2D eigenvalue weighted by atomic mass is 16.3. The normalized spacial score (nSPS) is 14.6. The van der Waals surface area contributed by atoms with E-state index in [1.54, 1.807) is 6.92 Å². The van der Waals surface area contributed by atoms with Crippen molar-refractivity contribution in [1.82, 2.24) is 5.32 Å². The third-order valence-electron chi connectivity index (χ3n) is 4.25. The van der Waals surface area contributed by atoms with Crippen molar-refractivity contribution in [3.05, 3.63) is 71.8 Å². The Morgan fingerprint density at radius 2 is 1.58 bits per heavy atom. The average molecular weight is 325 g/mol. The van der Waals surface area contributed by atoms with E-state index in [0.29, 0.717) is 13.0 Å². The molecule has 0 aliphatic heterocycles. The molecule has 2 rings (SSSR count). The fourth-order valence-corrected chi connectivity index (χ4v) is 2.93. The molecule has 2 aromatic rings. The summed E-state index contributed by atoms with van der Waals surface area (Å²) in [6, 6.07) is 20.1. The number of hydrogen-bond acceptors (Lipinski definition) is 2. The van der Waals surface area contributed by atoms with Crippen molar-refractivity contribution in [2.24, 2.45) is 5.92 Å². The summed E-state index contributed by atoms with van der Waals surface area (Å²) in [5, 5.41) is 12.8. The van der Waals surface area contributed by atoms with Crippen LogP contribution in [-0.4, -0.2) is 23.7 Å². The lowest BCUT2D eigenvalue weighted by Gasteiger charge is -2.21. The summed E-state index contributed by atoms with van der Waals surface area (Å²) in [5.41, 5.74) is 2.32. The molecule has 0 aliphatic rings. The van der Waals surface area contributed by atoms with Crippen LogP contribution in [0.2, 0.25) is 0 Å². The Balaban J connectivity index is 1.91. The van der Waals surface area contributed by atoms with Crippen LogP contribution in [0.4, 0.5) is 0 Å². The lowest BCUT2D eigenvalue weighted by molar-refractivity contribution is -0.124. The summed E-state index contributed by atoms with van der Waals surface area (Å²) in [4.78, 5) is 12.4. The minimum absolute atomic E-state index is 0.0605. The van der Waals surface area contributed by atoms with E-state index in [1.807, 2.05) is 67.6 Å². The van der Waals surface area contributed by atoms with Gasteiger partial charge in [0.1, 0.15) is 0 Å². The zero-order valence-corrected chi connectivity index (χ0v) is 14.5. The van der Waals surface area contributed by atoms with Crippen molar-refractivity contribution >= 4 is 5.91 Å². The first-order chi connectivity index (χ1) is 11.6. The van der Waals surface area contributed by atoms with Crippen LogP contribution < -0.4 is 5.32 Å². The van der Waals surface area contributed by atoms with E-state index < -0.39 is 6.10 Å². The standard InChI is InChI=1S/C21H27NO2/c1-16(13-18-9-5-3-6-10-18)21(24)22-15-20(14-17(2)23)19-11-7-4-8-12-19/h3-12,16-17,20,23H,13-15H2,1-2H3,(H,22,24). The van der Waals surface area contributed by atoms with Crippen LogP contribution in [0.15, 0.2) is 60.7 Å². The number of carbonyl (C=O) groups excluding carboxylic acids is 1. The Morgan fingerprint density at radius 1 is 1.00 bits per heavy atom. The molecule has 0 aromatic heterocycles. The van der Waals surface area contributed by atoms with Gasteiger partial charge in [-0.05, 0) is 30.9 Å². The summed E-state index contributed by atoms with van der Waals surface area (Å²) in [5.74, 6) is 0.111. The molecule has 1 amide bonds. The number of aliphatic hydroxyl groups is 1. The molecule has 3 atom stereocenters. The molecule has 24 heavy (non-hydrogen) atoms. The van der Waals surface area contributed by atoms with Crippen molar-refractivity contribution in [2.45, 2.75) is 38.7 Å². The van der Waals surface area contributed by atoms with Crippen LogP contribution in [0.5, 0.6) is 0 Å². The summed E-state index contributed by atoms with van der Waals surface area (Å²) in [6.45, 7) is 4.29. The van der Waals surface area contributed by atoms with Gasteiger partial charge in [-0.3, -0.25) is 4.79 Å². The molecule has 3 nitrogen and oxygen atoms in total. The Labute approximate surface area is 144 Å².